The summed E-state index contributed by atoms with van der Waals surface area (Å²) in [5.41, 5.74) is 1.62. The molecule has 2 aromatic carbocycles. The van der Waals surface area contributed by atoms with E-state index in [-0.39, 0.29) is 4.90 Å². The third-order valence-corrected chi connectivity index (χ3v) is 3.88. The van der Waals surface area contributed by atoms with Crippen LogP contribution in [0.1, 0.15) is 5.56 Å². The fourth-order valence-corrected chi connectivity index (χ4v) is 2.23. The minimum absolute atomic E-state index is 0.290. The van der Waals surface area contributed by atoms with Gasteiger partial charge in [0.2, 0.25) is 0 Å². The van der Waals surface area contributed by atoms with Crippen LogP contribution in [0, 0.1) is 0 Å². The molecule has 19 heavy (non-hydrogen) atoms. The number of halogens is 1. The number of rotatable bonds is 3. The first kappa shape index (κ1) is 13.8. The molecule has 0 atom stereocenters. The number of aliphatic imine (C=N–C) groups is 1. The van der Waals surface area contributed by atoms with Crippen molar-refractivity contribution < 1.29 is 8.42 Å². The van der Waals surface area contributed by atoms with Crippen molar-refractivity contribution >= 4 is 33.3 Å². The zero-order chi connectivity index (χ0) is 13.9. The van der Waals surface area contributed by atoms with Crippen LogP contribution in [0.5, 0.6) is 0 Å². The molecule has 0 saturated carbocycles. The molecule has 0 aromatic heterocycles. The first-order chi connectivity index (χ1) is 8.95. The van der Waals surface area contributed by atoms with Gasteiger partial charge in [0, 0.05) is 17.5 Å². The van der Waals surface area contributed by atoms with E-state index in [4.69, 9.17) is 11.6 Å². The number of benzene rings is 2. The van der Waals surface area contributed by atoms with Gasteiger partial charge in [0.05, 0.1) is 10.6 Å². The van der Waals surface area contributed by atoms with Crippen LogP contribution < -0.4 is 0 Å². The maximum absolute atomic E-state index is 11.3. The van der Waals surface area contributed by atoms with Crippen molar-refractivity contribution in [2.75, 3.05) is 6.26 Å². The lowest BCUT2D eigenvalue weighted by Crippen LogP contribution is -1.95. The monoisotopic (exact) mass is 293 g/mol. The van der Waals surface area contributed by atoms with Crippen LogP contribution >= 0.6 is 11.6 Å². The second kappa shape index (κ2) is 5.55. The Morgan fingerprint density at radius 3 is 2.11 bits per heavy atom. The highest BCUT2D eigenvalue weighted by molar-refractivity contribution is 7.90. The summed E-state index contributed by atoms with van der Waals surface area (Å²) in [5, 5.41) is 0.676. The van der Waals surface area contributed by atoms with Crippen LogP contribution in [0.3, 0.4) is 0 Å². The minimum Gasteiger partial charge on any atom is -0.256 e. The van der Waals surface area contributed by atoms with Crippen LogP contribution in [0.4, 0.5) is 5.69 Å². The number of hydrogen-bond acceptors (Lipinski definition) is 3. The normalized spacial score (nSPS) is 11.9. The van der Waals surface area contributed by atoms with E-state index < -0.39 is 9.84 Å². The maximum atomic E-state index is 11.3. The Morgan fingerprint density at radius 1 is 1.00 bits per heavy atom. The molecule has 0 aliphatic heterocycles. The van der Waals surface area contributed by atoms with Gasteiger partial charge < -0.3 is 0 Å². The molecular formula is C14H12ClNO2S. The molecule has 0 heterocycles. The number of sulfone groups is 1. The van der Waals surface area contributed by atoms with E-state index >= 15 is 0 Å². The van der Waals surface area contributed by atoms with Gasteiger partial charge in [-0.25, -0.2) is 8.42 Å². The number of hydrogen-bond donors (Lipinski definition) is 0. The van der Waals surface area contributed by atoms with E-state index in [2.05, 4.69) is 4.99 Å². The Morgan fingerprint density at radius 2 is 1.58 bits per heavy atom. The van der Waals surface area contributed by atoms with Gasteiger partial charge in [-0.2, -0.15) is 0 Å². The van der Waals surface area contributed by atoms with Crippen molar-refractivity contribution in [1.29, 1.82) is 0 Å². The first-order valence-corrected chi connectivity index (χ1v) is 7.82. The zero-order valence-corrected chi connectivity index (χ0v) is 11.8. The zero-order valence-electron chi connectivity index (χ0n) is 10.2. The minimum atomic E-state index is -3.16. The average Bonchev–Trinajstić information content (AvgIpc) is 2.37. The summed E-state index contributed by atoms with van der Waals surface area (Å²) in [6, 6.07) is 13.7. The van der Waals surface area contributed by atoms with Gasteiger partial charge in [0.25, 0.3) is 0 Å². The summed E-state index contributed by atoms with van der Waals surface area (Å²) < 4.78 is 22.6. The van der Waals surface area contributed by atoms with E-state index in [0.29, 0.717) is 10.7 Å². The SMILES string of the molecule is CS(=O)(=O)c1ccc(/N=C/c2ccc(Cl)cc2)cc1. The molecule has 2 rings (SSSR count). The third kappa shape index (κ3) is 3.91. The first-order valence-electron chi connectivity index (χ1n) is 5.55. The maximum Gasteiger partial charge on any atom is 0.175 e. The van der Waals surface area contributed by atoms with Gasteiger partial charge >= 0.3 is 0 Å². The highest BCUT2D eigenvalue weighted by Crippen LogP contribution is 2.16. The molecule has 0 radical (unpaired) electrons. The summed E-state index contributed by atoms with van der Waals surface area (Å²) in [6.45, 7) is 0. The molecule has 0 N–H and O–H groups in total. The Labute approximate surface area is 117 Å². The van der Waals surface area contributed by atoms with Gasteiger partial charge in [-0.1, -0.05) is 23.7 Å². The largest absolute Gasteiger partial charge is 0.256 e. The fourth-order valence-electron chi connectivity index (χ4n) is 1.48. The van der Waals surface area contributed by atoms with Gasteiger partial charge in [-0.3, -0.25) is 4.99 Å². The van der Waals surface area contributed by atoms with Gasteiger partial charge in [-0.05, 0) is 42.0 Å². The van der Waals surface area contributed by atoms with Crippen molar-refractivity contribution in [2.24, 2.45) is 4.99 Å². The smallest absolute Gasteiger partial charge is 0.175 e. The molecular weight excluding hydrogens is 282 g/mol. The summed E-state index contributed by atoms with van der Waals surface area (Å²) in [4.78, 5) is 4.56. The molecule has 0 aliphatic carbocycles. The summed E-state index contributed by atoms with van der Waals surface area (Å²) in [6.07, 6.45) is 2.88. The van der Waals surface area contributed by atoms with E-state index in [0.717, 1.165) is 5.56 Å². The molecule has 0 bridgehead atoms. The molecule has 0 saturated heterocycles. The molecule has 0 spiro atoms. The molecule has 0 amide bonds. The summed E-state index contributed by atoms with van der Waals surface area (Å²) in [7, 11) is -3.16. The lowest BCUT2D eigenvalue weighted by atomic mass is 10.2. The summed E-state index contributed by atoms with van der Waals surface area (Å²) >= 11 is 5.79. The van der Waals surface area contributed by atoms with Crippen molar-refractivity contribution in [3.05, 3.63) is 59.1 Å². The average molecular weight is 294 g/mol. The Balaban J connectivity index is 2.18. The fraction of sp³-hybridized carbons (Fsp3) is 0.0714. The Kier molecular flexibility index (Phi) is 4.02. The molecule has 0 unspecified atom stereocenters. The number of nitrogens with zero attached hydrogens (tertiary/aromatic N) is 1. The van der Waals surface area contributed by atoms with Gasteiger partial charge in [0.15, 0.2) is 9.84 Å². The lowest BCUT2D eigenvalue weighted by molar-refractivity contribution is 0.602. The standard InChI is InChI=1S/C14H12ClNO2S/c1-19(17,18)14-8-6-13(7-9-14)16-10-11-2-4-12(15)5-3-11/h2-10H,1H3/b16-10+. The van der Waals surface area contributed by atoms with Crippen LogP contribution in [0.25, 0.3) is 0 Å². The van der Waals surface area contributed by atoms with Crippen molar-refractivity contribution in [2.45, 2.75) is 4.90 Å². The van der Waals surface area contributed by atoms with Crippen LogP contribution in [-0.2, 0) is 9.84 Å². The molecule has 0 aliphatic rings. The van der Waals surface area contributed by atoms with Crippen LogP contribution in [0.2, 0.25) is 5.02 Å². The van der Waals surface area contributed by atoms with Crippen LogP contribution in [-0.4, -0.2) is 20.9 Å². The topological polar surface area (TPSA) is 46.5 Å². The quantitative estimate of drug-likeness (QED) is 0.813. The second-order valence-electron chi connectivity index (χ2n) is 4.08. The van der Waals surface area contributed by atoms with E-state index in [1.807, 2.05) is 12.1 Å². The molecule has 0 fully saturated rings. The second-order valence-corrected chi connectivity index (χ2v) is 6.53. The highest BCUT2D eigenvalue weighted by Gasteiger charge is 2.05. The summed E-state index contributed by atoms with van der Waals surface area (Å²) in [5.74, 6) is 0. The highest BCUT2D eigenvalue weighted by atomic mass is 35.5. The van der Waals surface area contributed by atoms with Crippen molar-refractivity contribution in [3.63, 3.8) is 0 Å². The molecule has 3 nitrogen and oxygen atoms in total. The van der Waals surface area contributed by atoms with E-state index in [1.165, 1.54) is 6.26 Å². The molecule has 98 valence electrons. The van der Waals surface area contributed by atoms with Gasteiger partial charge in [-0.15, -0.1) is 0 Å². The Bertz CT molecular complexity index is 689. The lowest BCUT2D eigenvalue weighted by Gasteiger charge is -1.98. The predicted octanol–water partition coefficient (Wildman–Crippen LogP) is 3.49. The molecule has 5 heteroatoms. The van der Waals surface area contributed by atoms with Crippen molar-refractivity contribution in [3.8, 4) is 0 Å². The Hall–Kier alpha value is -1.65. The van der Waals surface area contributed by atoms with E-state index in [1.54, 1.807) is 42.6 Å². The van der Waals surface area contributed by atoms with E-state index in [9.17, 15) is 8.42 Å². The predicted molar refractivity (Wildman–Crippen MR) is 78.3 cm³/mol. The molecule has 2 aromatic rings. The third-order valence-electron chi connectivity index (χ3n) is 2.50. The van der Waals surface area contributed by atoms with Crippen LogP contribution in [0.15, 0.2) is 58.4 Å². The van der Waals surface area contributed by atoms with Gasteiger partial charge in [0.1, 0.15) is 0 Å². The van der Waals surface area contributed by atoms with Crippen molar-refractivity contribution in [1.82, 2.24) is 0 Å².